The Morgan fingerprint density at radius 1 is 1.22 bits per heavy atom. The summed E-state index contributed by atoms with van der Waals surface area (Å²) in [5, 5.41) is 0.649. The lowest BCUT2D eigenvalue weighted by atomic mass is 9.94. The number of rotatable bonds is 5. The highest BCUT2D eigenvalue weighted by Gasteiger charge is 2.27. The summed E-state index contributed by atoms with van der Waals surface area (Å²) in [7, 11) is -3.53. The van der Waals surface area contributed by atoms with E-state index in [9.17, 15) is 8.42 Å². The van der Waals surface area contributed by atoms with E-state index in [0.29, 0.717) is 23.7 Å². The van der Waals surface area contributed by atoms with Crippen molar-refractivity contribution in [2.45, 2.75) is 42.9 Å². The van der Waals surface area contributed by atoms with Crippen LogP contribution < -0.4 is 9.46 Å². The lowest BCUT2D eigenvalue weighted by Crippen LogP contribution is -2.39. The number of pyridine rings is 1. The van der Waals surface area contributed by atoms with Crippen LogP contribution in [0.4, 0.5) is 0 Å². The Hall–Kier alpha value is -1.64. The van der Waals surface area contributed by atoms with Crippen molar-refractivity contribution >= 4 is 21.6 Å². The molecule has 2 heterocycles. The minimum absolute atomic E-state index is 0.0385. The van der Waals surface area contributed by atoms with Crippen LogP contribution in [0.25, 0.3) is 0 Å². The molecule has 2 N–H and O–H groups in total. The van der Waals surface area contributed by atoms with Crippen LogP contribution in [0.1, 0.15) is 25.7 Å². The molecule has 2 aromatic rings. The number of nitrogens with zero attached hydrogens (tertiary/aromatic N) is 2. The first-order valence-corrected chi connectivity index (χ1v) is 9.18. The molecule has 23 heavy (non-hydrogen) atoms. The highest BCUT2D eigenvalue weighted by molar-refractivity contribution is 7.89. The van der Waals surface area contributed by atoms with Crippen LogP contribution in [0.2, 0.25) is 5.02 Å². The van der Waals surface area contributed by atoms with E-state index in [1.54, 1.807) is 18.3 Å². The van der Waals surface area contributed by atoms with Crippen LogP contribution in [-0.2, 0) is 10.0 Å². The van der Waals surface area contributed by atoms with Gasteiger partial charge in [-0.05, 0) is 31.7 Å². The van der Waals surface area contributed by atoms with Gasteiger partial charge < -0.3 is 9.72 Å². The van der Waals surface area contributed by atoms with Crippen LogP contribution in [0, 0.1) is 0 Å². The number of aromatic nitrogens is 3. The molecule has 1 fully saturated rings. The van der Waals surface area contributed by atoms with Crippen molar-refractivity contribution in [2.75, 3.05) is 0 Å². The van der Waals surface area contributed by atoms with Crippen molar-refractivity contribution in [3.63, 3.8) is 0 Å². The molecule has 0 atom stereocenters. The molecule has 3 rings (SSSR count). The Morgan fingerprint density at radius 3 is 2.61 bits per heavy atom. The summed E-state index contributed by atoms with van der Waals surface area (Å²) in [5.74, 6) is 0.538. The van der Waals surface area contributed by atoms with Crippen molar-refractivity contribution in [3.05, 3.63) is 35.9 Å². The summed E-state index contributed by atoms with van der Waals surface area (Å²) in [6.07, 6.45) is 7.18. The highest BCUT2D eigenvalue weighted by Crippen LogP contribution is 2.24. The summed E-state index contributed by atoms with van der Waals surface area (Å²) in [6.45, 7) is 0. The lowest BCUT2D eigenvalue weighted by molar-refractivity contribution is 0.138. The molecule has 0 bridgehead atoms. The maximum Gasteiger partial charge on any atom is 0.257 e. The minimum Gasteiger partial charge on any atom is -0.474 e. The third kappa shape index (κ3) is 4.21. The molecule has 124 valence electrons. The number of imidazole rings is 1. The maximum atomic E-state index is 12.1. The van der Waals surface area contributed by atoms with E-state index < -0.39 is 10.0 Å². The summed E-state index contributed by atoms with van der Waals surface area (Å²) in [4.78, 5) is 10.5. The molecule has 0 amide bonds. The van der Waals surface area contributed by atoms with Crippen molar-refractivity contribution in [1.82, 2.24) is 19.7 Å². The van der Waals surface area contributed by atoms with E-state index in [1.165, 1.54) is 12.5 Å². The van der Waals surface area contributed by atoms with E-state index in [4.69, 9.17) is 16.3 Å². The van der Waals surface area contributed by atoms with Gasteiger partial charge >= 0.3 is 0 Å². The quantitative estimate of drug-likeness (QED) is 0.855. The summed E-state index contributed by atoms with van der Waals surface area (Å²) < 4.78 is 32.8. The van der Waals surface area contributed by atoms with Gasteiger partial charge in [-0.2, -0.15) is 0 Å². The molecule has 0 aliphatic heterocycles. The van der Waals surface area contributed by atoms with Gasteiger partial charge in [-0.3, -0.25) is 0 Å². The minimum atomic E-state index is -3.53. The first-order valence-electron chi connectivity index (χ1n) is 7.32. The van der Waals surface area contributed by atoms with E-state index in [2.05, 4.69) is 19.7 Å². The smallest absolute Gasteiger partial charge is 0.257 e. The molecule has 1 aliphatic carbocycles. The number of H-pyrrole nitrogens is 1. The van der Waals surface area contributed by atoms with Crippen LogP contribution in [0.3, 0.4) is 0 Å². The van der Waals surface area contributed by atoms with Crippen molar-refractivity contribution < 1.29 is 13.2 Å². The van der Waals surface area contributed by atoms with Gasteiger partial charge in [-0.15, -0.1) is 0 Å². The number of hydrogen-bond acceptors (Lipinski definition) is 5. The Kier molecular flexibility index (Phi) is 4.84. The second-order valence-corrected chi connectivity index (χ2v) is 7.56. The third-order valence-electron chi connectivity index (χ3n) is 3.75. The fourth-order valence-electron chi connectivity index (χ4n) is 2.57. The van der Waals surface area contributed by atoms with E-state index >= 15 is 0 Å². The maximum absolute atomic E-state index is 12.1. The van der Waals surface area contributed by atoms with E-state index in [1.807, 2.05) is 0 Å². The number of aromatic amines is 1. The molecule has 1 saturated carbocycles. The Balaban J connectivity index is 1.51. The first kappa shape index (κ1) is 16.2. The molecule has 0 spiro atoms. The zero-order chi connectivity index (χ0) is 16.3. The number of halogens is 1. The number of nitrogens with one attached hydrogen (secondary N) is 2. The van der Waals surface area contributed by atoms with E-state index in [-0.39, 0.29) is 17.2 Å². The highest BCUT2D eigenvalue weighted by atomic mass is 35.5. The molecular weight excluding hydrogens is 340 g/mol. The molecule has 2 aromatic heterocycles. The topological polar surface area (TPSA) is 97.0 Å². The average Bonchev–Trinajstić information content (AvgIpc) is 3.07. The normalized spacial score (nSPS) is 22.0. The third-order valence-corrected chi connectivity index (χ3v) is 5.42. The van der Waals surface area contributed by atoms with Crippen molar-refractivity contribution in [3.8, 4) is 5.88 Å². The second kappa shape index (κ2) is 6.86. The molecule has 1 aliphatic rings. The SMILES string of the molecule is O=S(=O)(NC1CCC(Oc2ccc(Cl)cn2)CC1)c1cnc[nH]1. The molecule has 9 heteroatoms. The van der Waals surface area contributed by atoms with Crippen molar-refractivity contribution in [1.29, 1.82) is 0 Å². The predicted molar refractivity (Wildman–Crippen MR) is 84.8 cm³/mol. The Morgan fingerprint density at radius 2 is 2.00 bits per heavy atom. The summed E-state index contributed by atoms with van der Waals surface area (Å²) >= 11 is 5.79. The molecule has 0 aromatic carbocycles. The average molecular weight is 357 g/mol. The molecule has 0 saturated heterocycles. The molecule has 0 radical (unpaired) electrons. The van der Waals surface area contributed by atoms with Gasteiger partial charge in [0.1, 0.15) is 6.10 Å². The zero-order valence-electron chi connectivity index (χ0n) is 12.3. The van der Waals surface area contributed by atoms with Gasteiger partial charge in [0.25, 0.3) is 10.0 Å². The van der Waals surface area contributed by atoms with Gasteiger partial charge in [-0.25, -0.2) is 23.1 Å². The largest absolute Gasteiger partial charge is 0.474 e. The monoisotopic (exact) mass is 356 g/mol. The van der Waals surface area contributed by atoms with E-state index in [0.717, 1.165) is 12.8 Å². The van der Waals surface area contributed by atoms with Crippen LogP contribution in [0.15, 0.2) is 35.9 Å². The molecular formula is C14H17ClN4O3S. The number of hydrogen-bond donors (Lipinski definition) is 2. The zero-order valence-corrected chi connectivity index (χ0v) is 13.8. The van der Waals surface area contributed by atoms with Gasteiger partial charge in [0.2, 0.25) is 5.88 Å². The predicted octanol–water partition coefficient (Wildman–Crippen LogP) is 2.13. The Bertz CT molecular complexity index is 726. The first-order chi connectivity index (χ1) is 11.0. The van der Waals surface area contributed by atoms with Crippen LogP contribution >= 0.6 is 11.6 Å². The lowest BCUT2D eigenvalue weighted by Gasteiger charge is -2.28. The fourth-order valence-corrected chi connectivity index (χ4v) is 3.90. The summed E-state index contributed by atoms with van der Waals surface area (Å²) in [5.41, 5.74) is 0. The fraction of sp³-hybridized carbons (Fsp3) is 0.429. The van der Waals surface area contributed by atoms with Crippen LogP contribution in [0.5, 0.6) is 5.88 Å². The van der Waals surface area contributed by atoms with Gasteiger partial charge in [0.15, 0.2) is 5.03 Å². The molecule has 7 nitrogen and oxygen atoms in total. The Labute approximate surface area is 139 Å². The number of sulfonamides is 1. The van der Waals surface area contributed by atoms with Gasteiger partial charge in [0.05, 0.1) is 17.5 Å². The van der Waals surface area contributed by atoms with Crippen molar-refractivity contribution in [2.24, 2.45) is 0 Å². The standard InChI is InChI=1S/C14H17ClN4O3S/c15-10-1-6-13(17-7-10)22-12-4-2-11(3-5-12)19-23(20,21)14-8-16-9-18-14/h1,6-9,11-12,19H,2-5H2,(H,16,18). The summed E-state index contributed by atoms with van der Waals surface area (Å²) in [6, 6.07) is 3.37. The van der Waals surface area contributed by atoms with Gasteiger partial charge in [-0.1, -0.05) is 11.6 Å². The number of ether oxygens (including phenoxy) is 1. The van der Waals surface area contributed by atoms with Gasteiger partial charge in [0, 0.05) is 18.3 Å². The van der Waals surface area contributed by atoms with Crippen LogP contribution in [-0.4, -0.2) is 35.5 Å². The molecule has 0 unspecified atom stereocenters. The second-order valence-electron chi connectivity index (χ2n) is 5.44.